The highest BCUT2D eigenvalue weighted by Crippen LogP contribution is 2.03. The molecule has 0 unspecified atom stereocenters. The summed E-state index contributed by atoms with van der Waals surface area (Å²) in [5.74, 6) is 0.799. The van der Waals surface area contributed by atoms with Gasteiger partial charge in [0.15, 0.2) is 0 Å². The molecule has 0 saturated heterocycles. The van der Waals surface area contributed by atoms with Crippen LogP contribution in [0.5, 0.6) is 0 Å². The highest BCUT2D eigenvalue weighted by molar-refractivity contribution is 5.21. The van der Waals surface area contributed by atoms with Gasteiger partial charge in [-0.15, -0.1) is 0 Å². The molecule has 0 aliphatic rings. The molecule has 2 aromatic rings. The molecule has 2 rings (SSSR count). The lowest BCUT2D eigenvalue weighted by atomic mass is 10.1. The molecule has 0 aliphatic heterocycles. The van der Waals surface area contributed by atoms with E-state index in [1.165, 1.54) is 16.7 Å². The minimum atomic E-state index is 0.645. The molecular formula is C20H25N3. The number of nitrogens with one attached hydrogen (secondary N) is 3. The van der Waals surface area contributed by atoms with Crippen LogP contribution in [0.15, 0.2) is 79.3 Å². The standard InChI is InChI=1S/C20H25N3/c1-16-9-11-20(12-10-16)15-23-18(3)22-13-17(2)21-14-19-7-5-4-6-8-19/h4-12,21-23H,2-3,13-15H2,1H3. The van der Waals surface area contributed by atoms with Crippen molar-refractivity contribution in [2.24, 2.45) is 0 Å². The molecule has 0 saturated carbocycles. The summed E-state index contributed by atoms with van der Waals surface area (Å²) in [6.45, 7) is 12.3. The summed E-state index contributed by atoms with van der Waals surface area (Å²) in [5.41, 5.74) is 4.68. The number of benzene rings is 2. The Bertz CT molecular complexity index is 630. The van der Waals surface area contributed by atoms with Gasteiger partial charge >= 0.3 is 0 Å². The van der Waals surface area contributed by atoms with Crippen LogP contribution in [-0.2, 0) is 13.1 Å². The molecule has 23 heavy (non-hydrogen) atoms. The summed E-state index contributed by atoms with van der Waals surface area (Å²) >= 11 is 0. The van der Waals surface area contributed by atoms with E-state index in [0.29, 0.717) is 6.54 Å². The van der Waals surface area contributed by atoms with Crippen LogP contribution in [0.25, 0.3) is 0 Å². The Kier molecular flexibility index (Phi) is 6.30. The second kappa shape index (κ2) is 8.69. The summed E-state index contributed by atoms with van der Waals surface area (Å²) in [4.78, 5) is 0. The van der Waals surface area contributed by atoms with E-state index in [9.17, 15) is 0 Å². The number of rotatable bonds is 9. The highest BCUT2D eigenvalue weighted by atomic mass is 15.1. The lowest BCUT2D eigenvalue weighted by Crippen LogP contribution is -2.29. The third-order valence-corrected chi connectivity index (χ3v) is 3.53. The molecule has 2 aromatic carbocycles. The normalized spacial score (nSPS) is 9.96. The highest BCUT2D eigenvalue weighted by Gasteiger charge is 1.98. The maximum atomic E-state index is 4.03. The molecule has 0 amide bonds. The third kappa shape index (κ3) is 6.30. The Hall–Kier alpha value is -2.68. The third-order valence-electron chi connectivity index (χ3n) is 3.53. The topological polar surface area (TPSA) is 36.1 Å². The first-order valence-corrected chi connectivity index (χ1v) is 7.81. The first kappa shape index (κ1) is 16.7. The van der Waals surface area contributed by atoms with Crippen LogP contribution in [-0.4, -0.2) is 6.54 Å². The SMILES string of the molecule is C=C(CNC(=C)NCc1ccc(C)cc1)NCc1ccccc1. The van der Waals surface area contributed by atoms with Gasteiger partial charge in [-0.1, -0.05) is 73.3 Å². The Morgan fingerprint density at radius 1 is 0.783 bits per heavy atom. The molecule has 3 nitrogen and oxygen atoms in total. The van der Waals surface area contributed by atoms with E-state index in [1.807, 2.05) is 18.2 Å². The predicted octanol–water partition coefficient (Wildman–Crippen LogP) is 3.45. The first-order chi connectivity index (χ1) is 11.1. The second-order valence-corrected chi connectivity index (χ2v) is 5.61. The van der Waals surface area contributed by atoms with Gasteiger partial charge in [-0.3, -0.25) is 0 Å². The van der Waals surface area contributed by atoms with Crippen molar-refractivity contribution in [2.45, 2.75) is 20.0 Å². The van der Waals surface area contributed by atoms with Crippen LogP contribution < -0.4 is 16.0 Å². The average Bonchev–Trinajstić information content (AvgIpc) is 2.58. The maximum Gasteiger partial charge on any atom is 0.0918 e. The van der Waals surface area contributed by atoms with Crippen molar-refractivity contribution in [3.05, 3.63) is 96.0 Å². The zero-order valence-electron chi connectivity index (χ0n) is 13.7. The van der Waals surface area contributed by atoms with Crippen molar-refractivity contribution in [3.63, 3.8) is 0 Å². The molecule has 120 valence electrons. The molecule has 0 radical (unpaired) electrons. The Balaban J connectivity index is 1.63. The zero-order chi connectivity index (χ0) is 16.5. The van der Waals surface area contributed by atoms with Crippen molar-refractivity contribution >= 4 is 0 Å². The largest absolute Gasteiger partial charge is 0.383 e. The van der Waals surface area contributed by atoms with Crippen molar-refractivity contribution in [1.29, 1.82) is 0 Å². The van der Waals surface area contributed by atoms with Crippen LogP contribution >= 0.6 is 0 Å². The first-order valence-electron chi connectivity index (χ1n) is 7.81. The molecule has 0 atom stereocenters. The van der Waals surface area contributed by atoms with Gasteiger partial charge in [-0.05, 0) is 18.1 Å². The quantitative estimate of drug-likeness (QED) is 0.664. The van der Waals surface area contributed by atoms with E-state index in [0.717, 1.165) is 24.6 Å². The van der Waals surface area contributed by atoms with Crippen LogP contribution in [0, 0.1) is 6.92 Å². The van der Waals surface area contributed by atoms with Gasteiger partial charge in [0.2, 0.25) is 0 Å². The number of hydrogen-bond donors (Lipinski definition) is 3. The van der Waals surface area contributed by atoms with Crippen LogP contribution in [0.1, 0.15) is 16.7 Å². The fourth-order valence-electron chi connectivity index (χ4n) is 2.08. The lowest BCUT2D eigenvalue weighted by Gasteiger charge is -2.15. The van der Waals surface area contributed by atoms with Crippen molar-refractivity contribution in [1.82, 2.24) is 16.0 Å². The summed E-state index contributed by atoms with van der Waals surface area (Å²) in [7, 11) is 0. The molecule has 3 N–H and O–H groups in total. The predicted molar refractivity (Wildman–Crippen MR) is 97.6 cm³/mol. The van der Waals surface area contributed by atoms with Gasteiger partial charge in [0.25, 0.3) is 0 Å². The Morgan fingerprint density at radius 2 is 1.39 bits per heavy atom. The molecule has 3 heteroatoms. The summed E-state index contributed by atoms with van der Waals surface area (Å²) in [6, 6.07) is 18.7. The van der Waals surface area contributed by atoms with Gasteiger partial charge in [-0.2, -0.15) is 0 Å². The summed E-state index contributed by atoms with van der Waals surface area (Å²) in [6.07, 6.45) is 0. The minimum Gasteiger partial charge on any atom is -0.383 e. The molecular weight excluding hydrogens is 282 g/mol. The molecule has 0 fully saturated rings. The molecule has 0 aromatic heterocycles. The van der Waals surface area contributed by atoms with Gasteiger partial charge in [0.1, 0.15) is 0 Å². The number of hydrogen-bond acceptors (Lipinski definition) is 3. The molecule has 0 bridgehead atoms. The van der Waals surface area contributed by atoms with E-state index in [1.54, 1.807) is 0 Å². The lowest BCUT2D eigenvalue weighted by molar-refractivity contribution is 0.680. The smallest absolute Gasteiger partial charge is 0.0918 e. The van der Waals surface area contributed by atoms with E-state index < -0.39 is 0 Å². The summed E-state index contributed by atoms with van der Waals surface area (Å²) in [5, 5.41) is 9.81. The van der Waals surface area contributed by atoms with Gasteiger partial charge in [0, 0.05) is 18.8 Å². The van der Waals surface area contributed by atoms with Crippen LogP contribution in [0.3, 0.4) is 0 Å². The van der Waals surface area contributed by atoms with Gasteiger partial charge in [-0.25, -0.2) is 0 Å². The minimum absolute atomic E-state index is 0.645. The summed E-state index contributed by atoms with van der Waals surface area (Å²) < 4.78 is 0. The average molecular weight is 307 g/mol. The Labute approximate surface area is 139 Å². The fourth-order valence-corrected chi connectivity index (χ4v) is 2.08. The van der Waals surface area contributed by atoms with Crippen molar-refractivity contribution < 1.29 is 0 Å². The van der Waals surface area contributed by atoms with E-state index in [2.05, 4.69) is 72.4 Å². The van der Waals surface area contributed by atoms with Crippen molar-refractivity contribution in [3.8, 4) is 0 Å². The van der Waals surface area contributed by atoms with E-state index >= 15 is 0 Å². The van der Waals surface area contributed by atoms with Gasteiger partial charge < -0.3 is 16.0 Å². The van der Waals surface area contributed by atoms with Crippen LogP contribution in [0.4, 0.5) is 0 Å². The number of aryl methyl sites for hydroxylation is 1. The Morgan fingerprint density at radius 3 is 2.09 bits per heavy atom. The van der Waals surface area contributed by atoms with Crippen molar-refractivity contribution in [2.75, 3.05) is 6.54 Å². The monoisotopic (exact) mass is 307 g/mol. The van der Waals surface area contributed by atoms with E-state index in [-0.39, 0.29) is 0 Å². The fraction of sp³-hybridized carbons (Fsp3) is 0.200. The maximum absolute atomic E-state index is 4.03. The second-order valence-electron chi connectivity index (χ2n) is 5.61. The van der Waals surface area contributed by atoms with E-state index in [4.69, 9.17) is 0 Å². The van der Waals surface area contributed by atoms with Gasteiger partial charge in [0.05, 0.1) is 12.4 Å². The molecule has 0 spiro atoms. The zero-order valence-corrected chi connectivity index (χ0v) is 13.7. The van der Waals surface area contributed by atoms with Crippen LogP contribution in [0.2, 0.25) is 0 Å². The molecule has 0 heterocycles. The molecule has 0 aliphatic carbocycles.